The zero-order valence-corrected chi connectivity index (χ0v) is 18.0. The molecule has 3 amide bonds. The highest BCUT2D eigenvalue weighted by Crippen LogP contribution is 2.38. The van der Waals surface area contributed by atoms with E-state index in [1.807, 2.05) is 0 Å². The average Bonchev–Trinajstić information content (AvgIpc) is 2.91. The van der Waals surface area contributed by atoms with E-state index < -0.39 is 5.91 Å². The Morgan fingerprint density at radius 3 is 2.37 bits per heavy atom. The minimum atomic E-state index is -0.438. The number of hydrogen-bond donors (Lipinski definition) is 3. The first kappa shape index (κ1) is 21.6. The number of fused-ring (bicyclic) bond motifs is 1. The van der Waals surface area contributed by atoms with Crippen molar-refractivity contribution in [3.05, 3.63) is 39.8 Å². The monoisotopic (exact) mass is 431 g/mol. The van der Waals surface area contributed by atoms with Gasteiger partial charge in [-0.25, -0.2) is 0 Å². The van der Waals surface area contributed by atoms with Crippen LogP contribution in [0.5, 0.6) is 11.5 Å². The molecule has 160 valence electrons. The lowest BCUT2D eigenvalue weighted by Crippen LogP contribution is -2.40. The first-order chi connectivity index (χ1) is 14.4. The summed E-state index contributed by atoms with van der Waals surface area (Å²) in [5.41, 5.74) is 6.48. The lowest BCUT2D eigenvalue weighted by atomic mass is 10.0. The van der Waals surface area contributed by atoms with Crippen molar-refractivity contribution in [3.8, 4) is 11.5 Å². The lowest BCUT2D eigenvalue weighted by molar-refractivity contribution is -0.119. The van der Waals surface area contributed by atoms with Crippen LogP contribution in [-0.4, -0.2) is 31.9 Å². The highest BCUT2D eigenvalue weighted by atomic mass is 32.1. The molecular weight excluding hydrogens is 406 g/mol. The third kappa shape index (κ3) is 4.73. The van der Waals surface area contributed by atoms with E-state index in [1.54, 1.807) is 18.2 Å². The number of amides is 3. The predicted octanol–water partition coefficient (Wildman–Crippen LogP) is 3.07. The molecule has 3 rings (SSSR count). The van der Waals surface area contributed by atoms with Crippen LogP contribution in [0.3, 0.4) is 0 Å². The first-order valence-electron chi connectivity index (χ1n) is 9.69. The van der Waals surface area contributed by atoms with E-state index >= 15 is 0 Å². The molecule has 0 bridgehead atoms. The van der Waals surface area contributed by atoms with Crippen LogP contribution >= 0.6 is 11.3 Å². The Balaban J connectivity index is 1.92. The smallest absolute Gasteiger partial charge is 0.272 e. The van der Waals surface area contributed by atoms with Crippen LogP contribution in [0.25, 0.3) is 0 Å². The van der Waals surface area contributed by atoms with E-state index in [9.17, 15) is 14.4 Å². The van der Waals surface area contributed by atoms with Gasteiger partial charge in [0.05, 0.1) is 19.8 Å². The van der Waals surface area contributed by atoms with Crippen LogP contribution < -0.4 is 25.6 Å². The highest BCUT2D eigenvalue weighted by Gasteiger charge is 2.26. The molecule has 1 aromatic carbocycles. The van der Waals surface area contributed by atoms with Gasteiger partial charge in [0.25, 0.3) is 11.8 Å². The van der Waals surface area contributed by atoms with Crippen molar-refractivity contribution in [1.82, 2.24) is 10.9 Å². The van der Waals surface area contributed by atoms with Crippen molar-refractivity contribution in [2.45, 2.75) is 39.0 Å². The molecule has 3 N–H and O–H groups in total. The predicted molar refractivity (Wildman–Crippen MR) is 114 cm³/mol. The van der Waals surface area contributed by atoms with Crippen molar-refractivity contribution >= 4 is 34.1 Å². The van der Waals surface area contributed by atoms with Gasteiger partial charge in [-0.05, 0) is 49.4 Å². The Hall–Kier alpha value is -3.07. The van der Waals surface area contributed by atoms with Crippen LogP contribution in [0.15, 0.2) is 18.2 Å². The highest BCUT2D eigenvalue weighted by molar-refractivity contribution is 7.17. The van der Waals surface area contributed by atoms with Crippen LogP contribution in [0.1, 0.15) is 57.3 Å². The standard InChI is InChI=1S/C21H25N3O5S/c1-12(25)23-24-20(27)18-14-7-5-4-6-8-17(14)30-21(18)22-19(26)13-9-10-15(28-2)16(11-13)29-3/h9-11H,4-8H2,1-3H3,(H,22,26)(H,23,25)(H,24,27). The number of hydrogen-bond acceptors (Lipinski definition) is 6. The van der Waals surface area contributed by atoms with Gasteiger partial charge >= 0.3 is 0 Å². The Labute approximate surface area is 178 Å². The molecule has 9 heteroatoms. The van der Waals surface area contributed by atoms with Crippen molar-refractivity contribution in [3.63, 3.8) is 0 Å². The van der Waals surface area contributed by atoms with Crippen molar-refractivity contribution in [2.24, 2.45) is 0 Å². The summed E-state index contributed by atoms with van der Waals surface area (Å²) in [6, 6.07) is 4.87. The molecule has 0 atom stereocenters. The summed E-state index contributed by atoms with van der Waals surface area (Å²) in [5.74, 6) is -0.211. The molecule has 0 spiro atoms. The third-order valence-corrected chi connectivity index (χ3v) is 6.08. The van der Waals surface area contributed by atoms with E-state index in [1.165, 1.54) is 32.5 Å². The van der Waals surface area contributed by atoms with Gasteiger partial charge in [-0.3, -0.25) is 25.2 Å². The summed E-state index contributed by atoms with van der Waals surface area (Å²) in [7, 11) is 3.02. The molecule has 1 heterocycles. The molecule has 0 saturated carbocycles. The number of aryl methyl sites for hydroxylation is 1. The number of methoxy groups -OCH3 is 2. The number of carbonyl (C=O) groups excluding carboxylic acids is 3. The summed E-state index contributed by atoms with van der Waals surface area (Å²) in [6.07, 6.45) is 4.76. The molecule has 1 aliphatic carbocycles. The Bertz CT molecular complexity index is 970. The molecule has 0 fully saturated rings. The van der Waals surface area contributed by atoms with Gasteiger partial charge in [-0.15, -0.1) is 11.3 Å². The number of thiophene rings is 1. The lowest BCUT2D eigenvalue weighted by Gasteiger charge is -2.11. The number of nitrogens with one attached hydrogen (secondary N) is 3. The molecule has 0 saturated heterocycles. The van der Waals surface area contributed by atoms with E-state index in [-0.39, 0.29) is 11.8 Å². The quantitative estimate of drug-likeness (QED) is 0.498. The molecule has 30 heavy (non-hydrogen) atoms. The Morgan fingerprint density at radius 2 is 1.67 bits per heavy atom. The third-order valence-electron chi connectivity index (χ3n) is 4.87. The second-order valence-corrected chi connectivity index (χ2v) is 8.03. The van der Waals surface area contributed by atoms with Crippen LogP contribution in [0, 0.1) is 0 Å². The average molecular weight is 432 g/mol. The van der Waals surface area contributed by atoms with Gasteiger partial charge in [0, 0.05) is 17.4 Å². The minimum Gasteiger partial charge on any atom is -0.493 e. The van der Waals surface area contributed by atoms with Crippen LogP contribution in [0.2, 0.25) is 0 Å². The topological polar surface area (TPSA) is 106 Å². The maximum Gasteiger partial charge on any atom is 0.272 e. The molecular formula is C21H25N3O5S. The van der Waals surface area contributed by atoms with E-state index in [4.69, 9.17) is 9.47 Å². The maximum absolute atomic E-state index is 12.9. The Morgan fingerprint density at radius 1 is 0.933 bits per heavy atom. The SMILES string of the molecule is COc1ccc(C(=O)Nc2sc3c(c2C(=O)NNC(C)=O)CCCCC3)cc1OC. The van der Waals surface area contributed by atoms with Gasteiger partial charge in [0.2, 0.25) is 5.91 Å². The molecule has 1 aromatic heterocycles. The molecule has 1 aliphatic rings. The van der Waals surface area contributed by atoms with Gasteiger partial charge in [0.15, 0.2) is 11.5 Å². The largest absolute Gasteiger partial charge is 0.493 e. The van der Waals surface area contributed by atoms with Gasteiger partial charge < -0.3 is 14.8 Å². The fourth-order valence-electron chi connectivity index (χ4n) is 3.43. The fraction of sp³-hybridized carbons (Fsp3) is 0.381. The second kappa shape index (κ2) is 9.62. The maximum atomic E-state index is 12.9. The summed E-state index contributed by atoms with van der Waals surface area (Å²) in [4.78, 5) is 38.0. The van der Waals surface area contributed by atoms with E-state index in [2.05, 4.69) is 16.2 Å². The second-order valence-electron chi connectivity index (χ2n) is 6.93. The molecule has 0 unspecified atom stereocenters. The number of hydrazine groups is 1. The van der Waals surface area contributed by atoms with Crippen molar-refractivity contribution in [1.29, 1.82) is 0 Å². The van der Waals surface area contributed by atoms with Gasteiger partial charge in [-0.2, -0.15) is 0 Å². The zero-order valence-electron chi connectivity index (χ0n) is 17.2. The minimum absolute atomic E-state index is 0.360. The van der Waals surface area contributed by atoms with Crippen LogP contribution in [0.4, 0.5) is 5.00 Å². The van der Waals surface area contributed by atoms with Crippen LogP contribution in [-0.2, 0) is 17.6 Å². The van der Waals surface area contributed by atoms with E-state index in [0.29, 0.717) is 27.6 Å². The normalized spacial score (nSPS) is 12.9. The fourth-order valence-corrected chi connectivity index (χ4v) is 4.71. The number of anilines is 1. The number of benzene rings is 1. The summed E-state index contributed by atoms with van der Waals surface area (Å²) < 4.78 is 10.5. The summed E-state index contributed by atoms with van der Waals surface area (Å²) in [5, 5.41) is 3.35. The molecule has 2 aromatic rings. The van der Waals surface area contributed by atoms with Crippen molar-refractivity contribution < 1.29 is 23.9 Å². The molecule has 0 aliphatic heterocycles. The summed E-state index contributed by atoms with van der Waals surface area (Å²) >= 11 is 1.42. The zero-order chi connectivity index (χ0) is 21.7. The molecule has 0 radical (unpaired) electrons. The van der Waals surface area contributed by atoms with Crippen molar-refractivity contribution in [2.75, 3.05) is 19.5 Å². The Kier molecular flexibility index (Phi) is 6.94. The van der Waals surface area contributed by atoms with Gasteiger partial charge in [0.1, 0.15) is 5.00 Å². The number of rotatable bonds is 5. The molecule has 8 nitrogen and oxygen atoms in total. The van der Waals surface area contributed by atoms with Gasteiger partial charge in [-0.1, -0.05) is 6.42 Å². The van der Waals surface area contributed by atoms with E-state index in [0.717, 1.165) is 42.5 Å². The first-order valence-corrected chi connectivity index (χ1v) is 10.5. The number of carbonyl (C=O) groups is 3. The summed E-state index contributed by atoms with van der Waals surface area (Å²) in [6.45, 7) is 1.31. The number of ether oxygens (including phenoxy) is 2.